The number of alkyl halides is 3. The SMILES string of the molecule is C/C(=C\c1ccc(C2(C(F)(F)F)N=N2)cc1O)C(=O)NCCNP(=O)(O)OP(=O)(O)OP(=O)(O)OC[C@H]1O[C@@H](n2cnc3c(N)ncnc32)[C@H](O)[C@@H]1O. The van der Waals surface area contributed by atoms with Crippen molar-refractivity contribution in [1.82, 2.24) is 29.9 Å². The van der Waals surface area contributed by atoms with E-state index in [2.05, 4.69) is 43.6 Å². The van der Waals surface area contributed by atoms with Gasteiger partial charge in [0.1, 0.15) is 35.9 Å². The fourth-order valence-corrected chi connectivity index (χ4v) is 8.49. The van der Waals surface area contributed by atoms with Gasteiger partial charge in [-0.1, -0.05) is 12.1 Å². The van der Waals surface area contributed by atoms with Crippen molar-refractivity contribution in [3.05, 3.63) is 47.6 Å². The summed E-state index contributed by atoms with van der Waals surface area (Å²) >= 11 is 0. The molecule has 1 amide bonds. The van der Waals surface area contributed by atoms with Crippen molar-refractivity contribution < 1.29 is 79.5 Å². The molecule has 0 bridgehead atoms. The van der Waals surface area contributed by atoms with E-state index in [1.54, 1.807) is 5.09 Å². The lowest BCUT2D eigenvalue weighted by molar-refractivity contribution is -0.166. The molecule has 1 saturated heterocycles. The van der Waals surface area contributed by atoms with Crippen LogP contribution in [0.3, 0.4) is 0 Å². The molecule has 0 saturated carbocycles. The Labute approximate surface area is 294 Å². The van der Waals surface area contributed by atoms with Gasteiger partial charge in [0.2, 0.25) is 5.91 Å². The molecule has 2 aliphatic rings. The molecular formula is C24H29F3N9O14P3. The number of phenols is 1. The number of rotatable bonds is 15. The zero-order chi connectivity index (χ0) is 39.1. The minimum atomic E-state index is -5.85. The van der Waals surface area contributed by atoms with Crippen LogP contribution in [0.2, 0.25) is 0 Å². The number of hydrogen-bond donors (Lipinski definition) is 9. The number of aromatic nitrogens is 4. The molecule has 53 heavy (non-hydrogen) atoms. The van der Waals surface area contributed by atoms with E-state index < -0.39 is 96.7 Å². The first-order chi connectivity index (χ1) is 24.5. The maximum absolute atomic E-state index is 13.2. The maximum atomic E-state index is 13.2. The number of aromatic hydroxyl groups is 1. The normalized spacial score (nSPS) is 24.7. The van der Waals surface area contributed by atoms with Crippen LogP contribution in [-0.2, 0) is 42.0 Å². The molecule has 23 nitrogen and oxygen atoms in total. The fraction of sp³-hybridized carbons (Fsp3) is 0.417. The van der Waals surface area contributed by atoms with Crippen LogP contribution >= 0.6 is 23.4 Å². The molecule has 2 aliphatic heterocycles. The second-order valence-electron chi connectivity index (χ2n) is 11.2. The smallest absolute Gasteiger partial charge is 0.489 e. The molecule has 0 radical (unpaired) electrons. The average molecular weight is 817 g/mol. The number of nitrogen functional groups attached to an aromatic ring is 1. The topological polar surface area (TPSA) is 345 Å². The van der Waals surface area contributed by atoms with Crippen LogP contribution in [0, 0.1) is 0 Å². The number of phosphoric ester groups is 1. The third-order valence-corrected chi connectivity index (χ3v) is 11.9. The lowest BCUT2D eigenvalue weighted by Gasteiger charge is -2.20. The summed E-state index contributed by atoms with van der Waals surface area (Å²) in [4.78, 5) is 53.9. The third-order valence-electron chi connectivity index (χ3n) is 7.40. The van der Waals surface area contributed by atoms with Gasteiger partial charge in [-0.15, -0.1) is 10.2 Å². The minimum Gasteiger partial charge on any atom is -0.507 e. The molecule has 290 valence electrons. The van der Waals surface area contributed by atoms with Crippen LogP contribution < -0.4 is 16.1 Å². The first kappa shape index (κ1) is 40.4. The molecule has 5 rings (SSSR count). The highest BCUT2D eigenvalue weighted by atomic mass is 31.3. The van der Waals surface area contributed by atoms with Crippen molar-refractivity contribution in [2.24, 2.45) is 10.2 Å². The molecule has 4 heterocycles. The molecule has 3 unspecified atom stereocenters. The first-order valence-electron chi connectivity index (χ1n) is 14.6. The number of phenolic OH excluding ortho intramolecular Hbond substituents is 1. The standard InChI is InChI=1S/C24H29F3N9O14P3/c1-11(6-12-2-3-13(7-14(12)37)23(34-35-23)24(25,26)27)21(40)29-4-5-33-51(41,42)49-53(45,46)50-52(43,44)47-8-15-17(38)18(39)22(48-15)36-10-32-16-19(28)30-9-31-20(16)36/h2-3,6-7,9-10,15,17-18,22,37-39H,4-5,8H2,1H3,(H,29,40)(H,43,44)(H,45,46)(H2,28,30,31)(H2,33,41,42)/b11-6+/t15-,17-,18-,22-/m1/s1. The fourth-order valence-electron chi connectivity index (χ4n) is 4.79. The number of ether oxygens (including phenoxy) is 1. The number of nitrogens with one attached hydrogen (secondary N) is 2. The van der Waals surface area contributed by atoms with Crippen molar-refractivity contribution in [1.29, 1.82) is 0 Å². The summed E-state index contributed by atoms with van der Waals surface area (Å²) in [5.41, 5.74) is 2.68. The van der Waals surface area contributed by atoms with Crippen LogP contribution in [0.5, 0.6) is 5.75 Å². The summed E-state index contributed by atoms with van der Waals surface area (Å²) in [6.07, 6.45) is -7.72. The Hall–Kier alpha value is -3.74. The summed E-state index contributed by atoms with van der Waals surface area (Å²) in [6.45, 7) is -0.770. The number of aliphatic hydroxyl groups is 2. The highest BCUT2D eigenvalue weighted by Crippen LogP contribution is 2.66. The summed E-state index contributed by atoms with van der Waals surface area (Å²) in [6, 6.07) is 2.92. The molecule has 10 N–H and O–H groups in total. The zero-order valence-electron chi connectivity index (χ0n) is 26.6. The molecule has 3 aromatic rings. The van der Waals surface area contributed by atoms with Crippen molar-refractivity contribution in [3.63, 3.8) is 0 Å². The van der Waals surface area contributed by atoms with Crippen LogP contribution in [0.15, 0.2) is 46.7 Å². The number of carbonyl (C=O) groups is 1. The Kier molecular flexibility index (Phi) is 11.3. The molecular weight excluding hydrogens is 788 g/mol. The van der Waals surface area contributed by atoms with E-state index in [1.165, 1.54) is 17.8 Å². The van der Waals surface area contributed by atoms with Gasteiger partial charge in [0.05, 0.1) is 12.9 Å². The zero-order valence-corrected chi connectivity index (χ0v) is 29.3. The van der Waals surface area contributed by atoms with Crippen molar-refractivity contribution >= 4 is 52.4 Å². The minimum absolute atomic E-state index is 0.00594. The van der Waals surface area contributed by atoms with Gasteiger partial charge in [0.25, 0.3) is 0 Å². The van der Waals surface area contributed by atoms with E-state index in [4.69, 9.17) is 10.5 Å². The number of imidazole rings is 1. The van der Waals surface area contributed by atoms with E-state index >= 15 is 0 Å². The lowest BCUT2D eigenvalue weighted by atomic mass is 9.99. The van der Waals surface area contributed by atoms with Gasteiger partial charge in [-0.2, -0.15) is 21.8 Å². The summed E-state index contributed by atoms with van der Waals surface area (Å²) in [7, 11) is -16.7. The number of carbonyl (C=O) groups excluding carboxylic acids is 1. The molecule has 0 aliphatic carbocycles. The number of nitrogens with two attached hydrogens (primary N) is 1. The van der Waals surface area contributed by atoms with E-state index in [-0.39, 0.29) is 28.1 Å². The van der Waals surface area contributed by atoms with Gasteiger partial charge in [0, 0.05) is 29.8 Å². The second kappa shape index (κ2) is 14.8. The number of fused-ring (bicyclic) bond motifs is 1. The molecule has 1 fully saturated rings. The van der Waals surface area contributed by atoms with E-state index in [1.807, 2.05) is 0 Å². The molecule has 7 atom stereocenters. The van der Waals surface area contributed by atoms with Gasteiger partial charge in [-0.05, 0) is 19.1 Å². The maximum Gasteiger partial charge on any atom is 0.489 e. The Morgan fingerprint density at radius 2 is 1.77 bits per heavy atom. The van der Waals surface area contributed by atoms with Gasteiger partial charge in [0.15, 0.2) is 17.7 Å². The number of aliphatic hydroxyl groups excluding tert-OH is 2. The van der Waals surface area contributed by atoms with Crippen molar-refractivity contribution in [3.8, 4) is 5.75 Å². The number of amides is 1. The van der Waals surface area contributed by atoms with Gasteiger partial charge in [-0.25, -0.2) is 33.7 Å². The van der Waals surface area contributed by atoms with Crippen LogP contribution in [0.25, 0.3) is 17.2 Å². The Morgan fingerprint density at radius 3 is 2.42 bits per heavy atom. The van der Waals surface area contributed by atoms with E-state index in [0.29, 0.717) is 0 Å². The number of halogens is 3. The molecule has 29 heteroatoms. The molecule has 2 aromatic heterocycles. The number of hydrogen-bond acceptors (Lipinski definition) is 17. The average Bonchev–Trinajstić information content (AvgIpc) is 3.69. The summed E-state index contributed by atoms with van der Waals surface area (Å²) < 4.78 is 96.0. The molecule has 0 spiro atoms. The van der Waals surface area contributed by atoms with Crippen molar-refractivity contribution in [2.75, 3.05) is 25.4 Å². The van der Waals surface area contributed by atoms with Gasteiger partial charge < -0.3 is 45.8 Å². The number of anilines is 1. The van der Waals surface area contributed by atoms with Crippen LogP contribution in [0.1, 0.15) is 24.3 Å². The lowest BCUT2D eigenvalue weighted by Crippen LogP contribution is -2.33. The number of phosphoric acid groups is 2. The predicted octanol–water partition coefficient (Wildman–Crippen LogP) is 1.07. The van der Waals surface area contributed by atoms with Gasteiger partial charge >= 0.3 is 35.2 Å². The van der Waals surface area contributed by atoms with Crippen LogP contribution in [0.4, 0.5) is 19.0 Å². The second-order valence-corrected chi connectivity index (χ2v) is 16.0. The number of nitrogens with zero attached hydrogens (tertiary/aromatic N) is 6. The van der Waals surface area contributed by atoms with E-state index in [0.717, 1.165) is 30.6 Å². The highest BCUT2D eigenvalue weighted by molar-refractivity contribution is 7.67. The van der Waals surface area contributed by atoms with Crippen molar-refractivity contribution in [2.45, 2.75) is 43.3 Å². The highest BCUT2D eigenvalue weighted by Gasteiger charge is 2.65. The Balaban J connectivity index is 1.07. The Morgan fingerprint density at radius 1 is 1.08 bits per heavy atom. The predicted molar refractivity (Wildman–Crippen MR) is 169 cm³/mol. The number of benzene rings is 1. The summed E-state index contributed by atoms with van der Waals surface area (Å²) in [5.74, 6) is -1.40. The third kappa shape index (κ3) is 9.15. The summed E-state index contributed by atoms with van der Waals surface area (Å²) in [5, 5.41) is 41.2. The van der Waals surface area contributed by atoms with Gasteiger partial charge in [-0.3, -0.25) is 13.9 Å². The van der Waals surface area contributed by atoms with Crippen LogP contribution in [-0.4, -0.2) is 99.6 Å². The largest absolute Gasteiger partial charge is 0.507 e. The monoisotopic (exact) mass is 817 g/mol. The quantitative estimate of drug-likeness (QED) is 0.0588. The molecule has 1 aromatic carbocycles. The van der Waals surface area contributed by atoms with E-state index in [9.17, 15) is 61.7 Å². The Bertz CT molecular complexity index is 2100. The first-order valence-corrected chi connectivity index (χ1v) is 19.2.